The van der Waals surface area contributed by atoms with E-state index in [9.17, 15) is 4.79 Å². The smallest absolute Gasteiger partial charge is 0.236 e. The molecule has 2 aliphatic heterocycles. The molecule has 1 amide bonds. The van der Waals surface area contributed by atoms with Gasteiger partial charge in [0.1, 0.15) is 17.1 Å². The lowest BCUT2D eigenvalue weighted by Gasteiger charge is -2.37. The number of methoxy groups -OCH3 is 1. The Balaban J connectivity index is 1.13. The molecular formula is C28H31ClN8O3. The summed E-state index contributed by atoms with van der Waals surface area (Å²) in [5, 5.41) is 3.71. The molecule has 0 spiro atoms. The molecule has 11 nitrogen and oxygen atoms in total. The molecule has 2 aliphatic rings. The number of nitrogens with zero attached hydrogens (tertiary/aromatic N) is 7. The summed E-state index contributed by atoms with van der Waals surface area (Å²) in [5.74, 6) is 1.26. The normalized spacial score (nSPS) is 16.4. The van der Waals surface area contributed by atoms with Crippen LogP contribution in [0.25, 0.3) is 17.0 Å². The number of carbonyl (C=O) groups is 1. The number of amides is 1. The third-order valence-corrected chi connectivity index (χ3v) is 7.57. The van der Waals surface area contributed by atoms with E-state index in [1.54, 1.807) is 19.5 Å². The van der Waals surface area contributed by atoms with E-state index in [2.05, 4.69) is 36.1 Å². The van der Waals surface area contributed by atoms with Crippen molar-refractivity contribution in [1.29, 1.82) is 0 Å². The largest absolute Gasteiger partial charge is 0.494 e. The van der Waals surface area contributed by atoms with Crippen LogP contribution in [0.4, 0.5) is 17.3 Å². The van der Waals surface area contributed by atoms with Crippen molar-refractivity contribution >= 4 is 40.5 Å². The van der Waals surface area contributed by atoms with Crippen LogP contribution in [-0.2, 0) is 9.53 Å². The van der Waals surface area contributed by atoms with E-state index < -0.39 is 0 Å². The van der Waals surface area contributed by atoms with E-state index >= 15 is 0 Å². The molecule has 0 atom stereocenters. The van der Waals surface area contributed by atoms with Crippen molar-refractivity contribution < 1.29 is 14.3 Å². The van der Waals surface area contributed by atoms with Gasteiger partial charge >= 0.3 is 0 Å². The fourth-order valence-corrected chi connectivity index (χ4v) is 5.27. The molecule has 0 unspecified atom stereocenters. The summed E-state index contributed by atoms with van der Waals surface area (Å²) >= 11 is 6.48. The van der Waals surface area contributed by atoms with Crippen LogP contribution in [0, 0.1) is 0 Å². The molecule has 0 aliphatic carbocycles. The average molecular weight is 563 g/mol. The second-order valence-electron chi connectivity index (χ2n) is 9.73. The van der Waals surface area contributed by atoms with Gasteiger partial charge in [0, 0.05) is 57.2 Å². The number of piperazine rings is 1. The van der Waals surface area contributed by atoms with Crippen molar-refractivity contribution in [2.75, 3.05) is 76.4 Å². The van der Waals surface area contributed by atoms with Gasteiger partial charge in [-0.05, 0) is 24.3 Å². The molecule has 3 aromatic heterocycles. The maximum absolute atomic E-state index is 12.6. The summed E-state index contributed by atoms with van der Waals surface area (Å²) in [5.41, 5.74) is 3.97. The van der Waals surface area contributed by atoms with E-state index in [1.807, 2.05) is 45.8 Å². The highest BCUT2D eigenvalue weighted by Crippen LogP contribution is 2.33. The van der Waals surface area contributed by atoms with Gasteiger partial charge in [0.2, 0.25) is 11.9 Å². The van der Waals surface area contributed by atoms with Gasteiger partial charge in [-0.3, -0.25) is 14.1 Å². The van der Waals surface area contributed by atoms with Crippen LogP contribution in [0.5, 0.6) is 5.75 Å². The SMILES string of the molecule is COc1cc(N2CCN(CC(=O)N3CCOCC3)CC2)ccc1Nc1ncc(Cl)c(-c2cnc3ccccn23)n1. The Labute approximate surface area is 237 Å². The number of morpholine rings is 1. The number of fused-ring (bicyclic) bond motifs is 1. The Bertz CT molecular complexity index is 1500. The monoisotopic (exact) mass is 562 g/mol. The maximum atomic E-state index is 12.6. The Morgan fingerprint density at radius 2 is 1.88 bits per heavy atom. The lowest BCUT2D eigenvalue weighted by atomic mass is 10.2. The van der Waals surface area contributed by atoms with Crippen molar-refractivity contribution in [2.45, 2.75) is 0 Å². The van der Waals surface area contributed by atoms with E-state index in [0.717, 1.165) is 48.9 Å². The van der Waals surface area contributed by atoms with Gasteiger partial charge in [0.25, 0.3) is 0 Å². The summed E-state index contributed by atoms with van der Waals surface area (Å²) in [6, 6.07) is 11.8. The van der Waals surface area contributed by atoms with Crippen LogP contribution in [-0.4, -0.2) is 101 Å². The topological polar surface area (TPSA) is 100 Å². The number of hydrogen-bond donors (Lipinski definition) is 1. The molecule has 0 saturated carbocycles. The summed E-state index contributed by atoms with van der Waals surface area (Å²) < 4.78 is 13.0. The fraction of sp³-hybridized carbons (Fsp3) is 0.357. The number of carbonyl (C=O) groups excluding carboxylic acids is 1. The van der Waals surface area contributed by atoms with Crippen molar-refractivity contribution in [1.82, 2.24) is 29.2 Å². The minimum Gasteiger partial charge on any atom is -0.494 e. The van der Waals surface area contributed by atoms with E-state index in [4.69, 9.17) is 21.1 Å². The molecule has 0 bridgehead atoms. The van der Waals surface area contributed by atoms with Gasteiger partial charge in [-0.1, -0.05) is 17.7 Å². The van der Waals surface area contributed by atoms with Crippen LogP contribution < -0.4 is 15.0 Å². The minimum atomic E-state index is 0.183. The second kappa shape index (κ2) is 11.7. The van der Waals surface area contributed by atoms with Crippen LogP contribution in [0.15, 0.2) is 55.0 Å². The lowest BCUT2D eigenvalue weighted by molar-refractivity contribution is -0.136. The number of pyridine rings is 1. The maximum Gasteiger partial charge on any atom is 0.236 e. The lowest BCUT2D eigenvalue weighted by Crippen LogP contribution is -2.51. The molecule has 2 fully saturated rings. The second-order valence-corrected chi connectivity index (χ2v) is 10.1. The van der Waals surface area contributed by atoms with Crippen LogP contribution in [0.3, 0.4) is 0 Å². The molecule has 1 aromatic carbocycles. The van der Waals surface area contributed by atoms with Gasteiger partial charge in [-0.2, -0.15) is 0 Å². The Hall–Kier alpha value is -3.93. The van der Waals surface area contributed by atoms with Gasteiger partial charge in [0.15, 0.2) is 0 Å². The standard InChI is InChI=1S/C28H31ClN8O3/c1-39-24-16-20(35-10-8-34(9-11-35)19-26(38)36-12-14-40-15-13-36)5-6-22(24)32-28-31-17-21(29)27(33-28)23-18-30-25-4-2-3-7-37(23)25/h2-7,16-18H,8-15,19H2,1H3,(H,31,32,33). The molecule has 12 heteroatoms. The molecule has 4 aromatic rings. The number of rotatable bonds is 7. The Kier molecular flexibility index (Phi) is 7.67. The highest BCUT2D eigenvalue weighted by molar-refractivity contribution is 6.32. The van der Waals surface area contributed by atoms with Crippen molar-refractivity contribution in [3.8, 4) is 17.1 Å². The number of hydrogen-bond acceptors (Lipinski definition) is 9. The first-order valence-electron chi connectivity index (χ1n) is 13.3. The van der Waals surface area contributed by atoms with Crippen molar-refractivity contribution in [3.05, 3.63) is 60.0 Å². The summed E-state index contributed by atoms with van der Waals surface area (Å²) in [7, 11) is 1.64. The summed E-state index contributed by atoms with van der Waals surface area (Å²) in [6.07, 6.45) is 5.26. The van der Waals surface area contributed by atoms with Gasteiger partial charge in [-0.25, -0.2) is 15.0 Å². The summed E-state index contributed by atoms with van der Waals surface area (Å²) in [4.78, 5) is 32.6. The van der Waals surface area contributed by atoms with Crippen LogP contribution in [0.2, 0.25) is 5.02 Å². The van der Waals surface area contributed by atoms with Crippen LogP contribution >= 0.6 is 11.6 Å². The number of aromatic nitrogens is 4. The number of halogens is 1. The highest BCUT2D eigenvalue weighted by atomic mass is 35.5. The average Bonchev–Trinajstić information content (AvgIpc) is 3.43. The molecular weight excluding hydrogens is 532 g/mol. The van der Waals surface area contributed by atoms with Crippen molar-refractivity contribution in [2.24, 2.45) is 0 Å². The number of nitrogens with one attached hydrogen (secondary N) is 1. The van der Waals surface area contributed by atoms with Gasteiger partial charge in [0.05, 0.1) is 55.7 Å². The first kappa shape index (κ1) is 26.3. The molecule has 40 heavy (non-hydrogen) atoms. The Morgan fingerprint density at radius 1 is 1.05 bits per heavy atom. The molecule has 2 saturated heterocycles. The third kappa shape index (κ3) is 5.53. The predicted molar refractivity (Wildman–Crippen MR) is 154 cm³/mol. The molecule has 6 rings (SSSR count). The van der Waals surface area contributed by atoms with Crippen molar-refractivity contribution in [3.63, 3.8) is 0 Å². The quantitative estimate of drug-likeness (QED) is 0.364. The molecule has 208 valence electrons. The number of benzene rings is 1. The summed E-state index contributed by atoms with van der Waals surface area (Å²) in [6.45, 7) is 6.37. The van der Waals surface area contributed by atoms with E-state index in [1.165, 1.54) is 0 Å². The minimum absolute atomic E-state index is 0.183. The molecule has 5 heterocycles. The van der Waals surface area contributed by atoms with Gasteiger partial charge in [-0.15, -0.1) is 0 Å². The Morgan fingerprint density at radius 3 is 2.67 bits per heavy atom. The van der Waals surface area contributed by atoms with Gasteiger partial charge < -0.3 is 24.6 Å². The first-order chi connectivity index (χ1) is 19.6. The highest BCUT2D eigenvalue weighted by Gasteiger charge is 2.24. The number of imidazole rings is 1. The zero-order valence-corrected chi connectivity index (χ0v) is 23.0. The third-order valence-electron chi connectivity index (χ3n) is 7.30. The zero-order valence-electron chi connectivity index (χ0n) is 22.3. The van der Waals surface area contributed by atoms with E-state index in [0.29, 0.717) is 55.3 Å². The number of anilines is 3. The fourth-order valence-electron chi connectivity index (χ4n) is 5.08. The predicted octanol–water partition coefficient (Wildman–Crippen LogP) is 3.18. The van der Waals surface area contributed by atoms with E-state index in [-0.39, 0.29) is 5.91 Å². The molecule has 0 radical (unpaired) electrons. The first-order valence-corrected chi connectivity index (χ1v) is 13.7. The number of ether oxygens (including phenoxy) is 2. The molecule has 1 N–H and O–H groups in total. The zero-order chi connectivity index (χ0) is 27.5. The van der Waals surface area contributed by atoms with Crippen LogP contribution in [0.1, 0.15) is 0 Å².